The summed E-state index contributed by atoms with van der Waals surface area (Å²) in [6.45, 7) is 13.0. The molecule has 0 aromatic carbocycles. The van der Waals surface area contributed by atoms with Crippen LogP contribution in [0.5, 0.6) is 0 Å². The molecule has 0 amide bonds. The lowest BCUT2D eigenvalue weighted by Gasteiger charge is -2.28. The summed E-state index contributed by atoms with van der Waals surface area (Å²) < 4.78 is 5.16. The van der Waals surface area contributed by atoms with E-state index in [4.69, 9.17) is 4.74 Å². The van der Waals surface area contributed by atoms with Crippen LogP contribution < -0.4 is 5.32 Å². The monoisotopic (exact) mass is 216 g/mol. The van der Waals surface area contributed by atoms with E-state index in [0.29, 0.717) is 12.1 Å². The molecule has 3 heteroatoms. The van der Waals surface area contributed by atoms with Gasteiger partial charge in [-0.2, -0.15) is 0 Å². The molecule has 0 spiro atoms. The summed E-state index contributed by atoms with van der Waals surface area (Å²) in [5.74, 6) is 0. The number of nitrogens with one attached hydrogen (secondary N) is 1. The first-order valence-electron chi connectivity index (χ1n) is 6.15. The fourth-order valence-electron chi connectivity index (χ4n) is 1.84. The Balaban J connectivity index is 3.80. The third kappa shape index (κ3) is 6.13. The van der Waals surface area contributed by atoms with Crippen molar-refractivity contribution in [1.82, 2.24) is 10.2 Å². The molecule has 0 aliphatic rings. The van der Waals surface area contributed by atoms with Crippen LogP contribution in [0, 0.1) is 0 Å². The topological polar surface area (TPSA) is 24.5 Å². The highest BCUT2D eigenvalue weighted by Crippen LogP contribution is 1.98. The van der Waals surface area contributed by atoms with Crippen molar-refractivity contribution in [3.8, 4) is 0 Å². The number of hydrogen-bond acceptors (Lipinski definition) is 3. The second-order valence-electron chi connectivity index (χ2n) is 4.04. The van der Waals surface area contributed by atoms with Gasteiger partial charge in [-0.05, 0) is 26.4 Å². The quantitative estimate of drug-likeness (QED) is 0.635. The third-order valence-electron chi connectivity index (χ3n) is 3.00. The minimum absolute atomic E-state index is 0.494. The largest absolute Gasteiger partial charge is 0.383 e. The molecule has 0 saturated carbocycles. The molecular weight excluding hydrogens is 188 g/mol. The van der Waals surface area contributed by atoms with Gasteiger partial charge in [0.1, 0.15) is 0 Å². The Morgan fingerprint density at radius 3 is 2.20 bits per heavy atom. The van der Waals surface area contributed by atoms with Crippen molar-refractivity contribution in [3.05, 3.63) is 0 Å². The van der Waals surface area contributed by atoms with Crippen LogP contribution >= 0.6 is 0 Å². The van der Waals surface area contributed by atoms with E-state index in [2.05, 4.69) is 37.9 Å². The first kappa shape index (κ1) is 14.9. The smallest absolute Gasteiger partial charge is 0.0615 e. The number of nitrogens with zero attached hydrogens (tertiary/aromatic N) is 1. The second-order valence-corrected chi connectivity index (χ2v) is 4.04. The van der Waals surface area contributed by atoms with Gasteiger partial charge in [-0.15, -0.1) is 0 Å². The molecule has 0 bridgehead atoms. The maximum absolute atomic E-state index is 5.16. The summed E-state index contributed by atoms with van der Waals surface area (Å²) in [6, 6.07) is 1.10. The normalized spacial score (nSPS) is 15.6. The van der Waals surface area contributed by atoms with Gasteiger partial charge < -0.3 is 10.1 Å². The van der Waals surface area contributed by atoms with Crippen molar-refractivity contribution >= 4 is 0 Å². The zero-order valence-corrected chi connectivity index (χ0v) is 11.0. The van der Waals surface area contributed by atoms with Gasteiger partial charge in [0.05, 0.1) is 6.61 Å². The first-order valence-corrected chi connectivity index (χ1v) is 6.15. The molecule has 3 nitrogen and oxygen atoms in total. The van der Waals surface area contributed by atoms with E-state index in [9.17, 15) is 0 Å². The van der Waals surface area contributed by atoms with E-state index in [1.807, 2.05) is 0 Å². The molecule has 0 fully saturated rings. The molecule has 15 heavy (non-hydrogen) atoms. The number of hydrogen-bond donors (Lipinski definition) is 1. The van der Waals surface area contributed by atoms with Gasteiger partial charge in [0.25, 0.3) is 0 Å². The van der Waals surface area contributed by atoms with E-state index < -0.39 is 0 Å². The summed E-state index contributed by atoms with van der Waals surface area (Å²) >= 11 is 0. The van der Waals surface area contributed by atoms with Gasteiger partial charge in [-0.3, -0.25) is 4.90 Å². The van der Waals surface area contributed by atoms with Crippen LogP contribution in [0.3, 0.4) is 0 Å². The molecule has 2 atom stereocenters. The molecule has 92 valence electrons. The van der Waals surface area contributed by atoms with Crippen LogP contribution in [-0.4, -0.2) is 50.3 Å². The predicted molar refractivity (Wildman–Crippen MR) is 66.3 cm³/mol. The lowest BCUT2D eigenvalue weighted by Crippen LogP contribution is -2.44. The van der Waals surface area contributed by atoms with E-state index >= 15 is 0 Å². The molecule has 0 saturated heterocycles. The van der Waals surface area contributed by atoms with Gasteiger partial charge in [0.2, 0.25) is 0 Å². The van der Waals surface area contributed by atoms with Crippen LogP contribution in [0.25, 0.3) is 0 Å². The predicted octanol–water partition coefficient (Wildman–Crippen LogP) is 1.73. The Kier molecular flexibility index (Phi) is 9.06. The van der Waals surface area contributed by atoms with Gasteiger partial charge >= 0.3 is 0 Å². The average molecular weight is 216 g/mol. The van der Waals surface area contributed by atoms with Crippen LogP contribution in [-0.2, 0) is 4.74 Å². The summed E-state index contributed by atoms with van der Waals surface area (Å²) in [5, 5.41) is 3.55. The zero-order chi connectivity index (χ0) is 11.7. The summed E-state index contributed by atoms with van der Waals surface area (Å²) in [7, 11) is 1.76. The molecule has 0 aromatic heterocycles. The van der Waals surface area contributed by atoms with E-state index in [-0.39, 0.29) is 0 Å². The van der Waals surface area contributed by atoms with Crippen molar-refractivity contribution in [1.29, 1.82) is 0 Å². The summed E-state index contributed by atoms with van der Waals surface area (Å²) in [5.41, 5.74) is 0. The highest BCUT2D eigenvalue weighted by molar-refractivity contribution is 4.71. The molecular formula is C12H28N2O. The standard InChI is InChI=1S/C12H28N2O/c1-6-12(10-15-5)13-9-11(4)14(7-2)8-3/h11-13H,6-10H2,1-5H3. The molecule has 0 aliphatic carbocycles. The van der Waals surface area contributed by atoms with Crippen LogP contribution in [0.15, 0.2) is 0 Å². The minimum atomic E-state index is 0.494. The van der Waals surface area contributed by atoms with E-state index in [0.717, 1.165) is 32.7 Å². The van der Waals surface area contributed by atoms with E-state index in [1.165, 1.54) is 0 Å². The lowest BCUT2D eigenvalue weighted by atomic mass is 10.2. The average Bonchev–Trinajstić information content (AvgIpc) is 2.25. The van der Waals surface area contributed by atoms with Crippen molar-refractivity contribution in [3.63, 3.8) is 0 Å². The van der Waals surface area contributed by atoms with Crippen molar-refractivity contribution in [2.45, 2.75) is 46.2 Å². The maximum atomic E-state index is 5.16. The second kappa shape index (κ2) is 9.13. The molecule has 0 aliphatic heterocycles. The number of rotatable bonds is 9. The maximum Gasteiger partial charge on any atom is 0.0615 e. The Morgan fingerprint density at radius 1 is 1.20 bits per heavy atom. The Labute approximate surface area is 95.2 Å². The number of likely N-dealkylation sites (N-methyl/N-ethyl adjacent to an activating group) is 1. The van der Waals surface area contributed by atoms with Crippen molar-refractivity contribution in [2.75, 3.05) is 33.4 Å². The van der Waals surface area contributed by atoms with Gasteiger partial charge in [-0.1, -0.05) is 20.8 Å². The van der Waals surface area contributed by atoms with Crippen LogP contribution in [0.2, 0.25) is 0 Å². The van der Waals surface area contributed by atoms with E-state index in [1.54, 1.807) is 7.11 Å². The lowest BCUT2D eigenvalue weighted by molar-refractivity contribution is 0.154. The molecule has 0 aromatic rings. The van der Waals surface area contributed by atoms with Crippen molar-refractivity contribution < 1.29 is 4.74 Å². The van der Waals surface area contributed by atoms with Crippen molar-refractivity contribution in [2.24, 2.45) is 0 Å². The fourth-order valence-corrected chi connectivity index (χ4v) is 1.84. The third-order valence-corrected chi connectivity index (χ3v) is 3.00. The van der Waals surface area contributed by atoms with Gasteiger partial charge in [0, 0.05) is 25.7 Å². The van der Waals surface area contributed by atoms with Gasteiger partial charge in [-0.25, -0.2) is 0 Å². The molecule has 0 radical (unpaired) electrons. The molecule has 2 unspecified atom stereocenters. The van der Waals surface area contributed by atoms with Gasteiger partial charge in [0.15, 0.2) is 0 Å². The Bertz CT molecular complexity index is 138. The molecule has 1 N–H and O–H groups in total. The first-order chi connectivity index (χ1) is 7.19. The fraction of sp³-hybridized carbons (Fsp3) is 1.00. The Hall–Kier alpha value is -0.120. The number of ether oxygens (including phenoxy) is 1. The summed E-state index contributed by atoms with van der Waals surface area (Å²) in [6.07, 6.45) is 1.12. The van der Waals surface area contributed by atoms with Crippen LogP contribution in [0.1, 0.15) is 34.1 Å². The minimum Gasteiger partial charge on any atom is -0.383 e. The SMILES string of the molecule is CCC(COC)NCC(C)N(CC)CC. The number of methoxy groups -OCH3 is 1. The molecule has 0 rings (SSSR count). The highest BCUT2D eigenvalue weighted by Gasteiger charge is 2.11. The summed E-state index contributed by atoms with van der Waals surface area (Å²) in [4.78, 5) is 2.46. The Morgan fingerprint density at radius 2 is 1.80 bits per heavy atom. The zero-order valence-electron chi connectivity index (χ0n) is 11.0. The molecule has 0 heterocycles. The van der Waals surface area contributed by atoms with Crippen LogP contribution in [0.4, 0.5) is 0 Å². The highest BCUT2D eigenvalue weighted by atomic mass is 16.5.